The molecule has 2 aromatic carbocycles. The predicted molar refractivity (Wildman–Crippen MR) is 73.4 cm³/mol. The highest BCUT2D eigenvalue weighted by atomic mass is 19.1. The SMILES string of the molecule is O=C1OC(c2cccc(F)c2)=N/C1=C/c1ccccc1. The monoisotopic (exact) mass is 267 g/mol. The van der Waals surface area contributed by atoms with Gasteiger partial charge < -0.3 is 4.74 Å². The maximum Gasteiger partial charge on any atom is 0.363 e. The van der Waals surface area contributed by atoms with E-state index in [1.165, 1.54) is 12.1 Å². The zero-order chi connectivity index (χ0) is 13.9. The zero-order valence-electron chi connectivity index (χ0n) is 10.4. The molecule has 0 bridgehead atoms. The summed E-state index contributed by atoms with van der Waals surface area (Å²) in [5.41, 5.74) is 1.49. The lowest BCUT2D eigenvalue weighted by Gasteiger charge is -1.98. The second-order valence-corrected chi connectivity index (χ2v) is 4.26. The van der Waals surface area contributed by atoms with E-state index in [0.29, 0.717) is 5.56 Å². The standard InChI is InChI=1S/C16H10FNO2/c17-13-8-4-7-12(10-13)15-18-14(16(19)20-15)9-11-5-2-1-3-6-11/h1-10H/b14-9+. The minimum absolute atomic E-state index is 0.122. The molecule has 98 valence electrons. The molecular weight excluding hydrogens is 257 g/mol. The van der Waals surface area contributed by atoms with Crippen LogP contribution in [-0.2, 0) is 9.53 Å². The molecule has 0 atom stereocenters. The number of cyclic esters (lactones) is 1. The van der Waals surface area contributed by atoms with Crippen molar-refractivity contribution in [1.29, 1.82) is 0 Å². The molecule has 0 aliphatic carbocycles. The summed E-state index contributed by atoms with van der Waals surface area (Å²) in [5.74, 6) is -0.813. The van der Waals surface area contributed by atoms with Crippen LogP contribution in [0, 0.1) is 5.82 Å². The quantitative estimate of drug-likeness (QED) is 0.619. The van der Waals surface area contributed by atoms with Crippen LogP contribution in [0.5, 0.6) is 0 Å². The van der Waals surface area contributed by atoms with E-state index in [2.05, 4.69) is 4.99 Å². The first-order chi connectivity index (χ1) is 9.72. The molecule has 1 aliphatic heterocycles. The largest absolute Gasteiger partial charge is 0.402 e. The number of ether oxygens (including phenoxy) is 1. The van der Waals surface area contributed by atoms with Crippen molar-refractivity contribution < 1.29 is 13.9 Å². The van der Waals surface area contributed by atoms with Crippen molar-refractivity contribution in [2.45, 2.75) is 0 Å². The molecule has 20 heavy (non-hydrogen) atoms. The number of hydrogen-bond acceptors (Lipinski definition) is 3. The number of rotatable bonds is 2. The van der Waals surface area contributed by atoms with Gasteiger partial charge in [-0.2, -0.15) is 0 Å². The lowest BCUT2D eigenvalue weighted by molar-refractivity contribution is -0.129. The van der Waals surface area contributed by atoms with Gasteiger partial charge in [0.05, 0.1) is 0 Å². The van der Waals surface area contributed by atoms with Gasteiger partial charge in [0.1, 0.15) is 5.82 Å². The second kappa shape index (κ2) is 5.09. The van der Waals surface area contributed by atoms with Crippen LogP contribution in [0.25, 0.3) is 6.08 Å². The summed E-state index contributed by atoms with van der Waals surface area (Å²) in [6.45, 7) is 0. The van der Waals surface area contributed by atoms with Gasteiger partial charge in [0, 0.05) is 5.56 Å². The number of carbonyl (C=O) groups is 1. The lowest BCUT2D eigenvalue weighted by atomic mass is 10.2. The molecule has 0 spiro atoms. The van der Waals surface area contributed by atoms with Gasteiger partial charge in [0.15, 0.2) is 5.70 Å². The predicted octanol–water partition coefficient (Wildman–Crippen LogP) is 3.17. The molecule has 4 heteroatoms. The lowest BCUT2D eigenvalue weighted by Crippen LogP contribution is -2.05. The van der Waals surface area contributed by atoms with E-state index in [1.807, 2.05) is 30.3 Å². The van der Waals surface area contributed by atoms with Gasteiger partial charge in [-0.3, -0.25) is 0 Å². The van der Waals surface area contributed by atoms with Crippen molar-refractivity contribution in [2.24, 2.45) is 4.99 Å². The molecule has 3 rings (SSSR count). The van der Waals surface area contributed by atoms with E-state index >= 15 is 0 Å². The summed E-state index contributed by atoms with van der Waals surface area (Å²) in [7, 11) is 0. The fourth-order valence-electron chi connectivity index (χ4n) is 1.86. The minimum atomic E-state index is -0.534. The molecule has 2 aromatic rings. The van der Waals surface area contributed by atoms with Gasteiger partial charge in [-0.15, -0.1) is 0 Å². The van der Waals surface area contributed by atoms with Crippen LogP contribution >= 0.6 is 0 Å². The minimum Gasteiger partial charge on any atom is -0.402 e. The first-order valence-electron chi connectivity index (χ1n) is 6.06. The molecule has 0 fully saturated rings. The number of benzene rings is 2. The van der Waals surface area contributed by atoms with E-state index in [4.69, 9.17) is 4.74 Å². The Morgan fingerprint density at radius 3 is 2.60 bits per heavy atom. The Kier molecular flexibility index (Phi) is 3.13. The van der Waals surface area contributed by atoms with Crippen molar-refractivity contribution in [1.82, 2.24) is 0 Å². The molecule has 1 aliphatic rings. The summed E-state index contributed by atoms with van der Waals surface area (Å²) >= 11 is 0. The van der Waals surface area contributed by atoms with Crippen LogP contribution in [0.15, 0.2) is 65.3 Å². The van der Waals surface area contributed by atoms with E-state index in [1.54, 1.807) is 18.2 Å². The molecule has 0 saturated carbocycles. The average molecular weight is 267 g/mol. The van der Waals surface area contributed by atoms with Crippen molar-refractivity contribution >= 4 is 17.9 Å². The van der Waals surface area contributed by atoms with Crippen LogP contribution < -0.4 is 0 Å². The second-order valence-electron chi connectivity index (χ2n) is 4.26. The van der Waals surface area contributed by atoms with Crippen molar-refractivity contribution in [3.8, 4) is 0 Å². The molecule has 0 amide bonds. The van der Waals surface area contributed by atoms with E-state index in [-0.39, 0.29) is 11.6 Å². The highest BCUT2D eigenvalue weighted by Crippen LogP contribution is 2.19. The van der Waals surface area contributed by atoms with E-state index in [0.717, 1.165) is 5.56 Å². The Morgan fingerprint density at radius 1 is 1.05 bits per heavy atom. The van der Waals surface area contributed by atoms with Crippen LogP contribution in [0.2, 0.25) is 0 Å². The van der Waals surface area contributed by atoms with Crippen molar-refractivity contribution in [2.75, 3.05) is 0 Å². The van der Waals surface area contributed by atoms with E-state index < -0.39 is 11.8 Å². The Bertz CT molecular complexity index is 720. The van der Waals surface area contributed by atoms with Gasteiger partial charge in [-0.1, -0.05) is 36.4 Å². The Hall–Kier alpha value is -2.75. The van der Waals surface area contributed by atoms with Gasteiger partial charge in [-0.05, 0) is 29.8 Å². The normalized spacial score (nSPS) is 16.1. The van der Waals surface area contributed by atoms with Crippen molar-refractivity contribution in [3.63, 3.8) is 0 Å². The summed E-state index contributed by atoms with van der Waals surface area (Å²) < 4.78 is 18.2. The average Bonchev–Trinajstić information content (AvgIpc) is 2.81. The summed E-state index contributed by atoms with van der Waals surface area (Å²) in [4.78, 5) is 15.9. The zero-order valence-corrected chi connectivity index (χ0v) is 10.4. The number of esters is 1. The first kappa shape index (κ1) is 12.3. The number of halogens is 1. The number of nitrogens with zero attached hydrogens (tertiary/aromatic N) is 1. The van der Waals surface area contributed by atoms with Crippen molar-refractivity contribution in [3.05, 3.63) is 77.2 Å². The summed E-state index contributed by atoms with van der Waals surface area (Å²) in [6.07, 6.45) is 1.63. The molecule has 0 unspecified atom stereocenters. The third-order valence-corrected chi connectivity index (χ3v) is 2.80. The molecule has 3 nitrogen and oxygen atoms in total. The van der Waals surface area contributed by atoms with Gasteiger partial charge in [0.2, 0.25) is 5.90 Å². The van der Waals surface area contributed by atoms with Crippen LogP contribution in [0.4, 0.5) is 4.39 Å². The Balaban J connectivity index is 1.95. The van der Waals surface area contributed by atoms with Crippen LogP contribution in [-0.4, -0.2) is 11.9 Å². The van der Waals surface area contributed by atoms with Gasteiger partial charge in [0.25, 0.3) is 0 Å². The Labute approximate surface area is 115 Å². The molecule has 0 saturated heterocycles. The Morgan fingerprint density at radius 2 is 1.85 bits per heavy atom. The van der Waals surface area contributed by atoms with Crippen LogP contribution in [0.1, 0.15) is 11.1 Å². The number of aliphatic imine (C=N–C) groups is 1. The first-order valence-corrected chi connectivity index (χ1v) is 6.06. The molecule has 0 radical (unpaired) electrons. The van der Waals surface area contributed by atoms with E-state index in [9.17, 15) is 9.18 Å². The fraction of sp³-hybridized carbons (Fsp3) is 0. The van der Waals surface area contributed by atoms with Crippen LogP contribution in [0.3, 0.4) is 0 Å². The van der Waals surface area contributed by atoms with Gasteiger partial charge in [-0.25, -0.2) is 14.2 Å². The summed E-state index contributed by atoms with van der Waals surface area (Å²) in [5, 5.41) is 0. The molecule has 1 heterocycles. The topological polar surface area (TPSA) is 38.7 Å². The maximum absolute atomic E-state index is 13.2. The summed E-state index contributed by atoms with van der Waals surface area (Å²) in [6, 6.07) is 15.1. The number of carbonyl (C=O) groups excluding carboxylic acids is 1. The maximum atomic E-state index is 13.2. The smallest absolute Gasteiger partial charge is 0.363 e. The third kappa shape index (κ3) is 2.49. The third-order valence-electron chi connectivity index (χ3n) is 2.80. The highest BCUT2D eigenvalue weighted by molar-refractivity contribution is 6.12. The molecular formula is C16H10FNO2. The fourth-order valence-corrected chi connectivity index (χ4v) is 1.86. The number of hydrogen-bond donors (Lipinski definition) is 0. The molecule has 0 N–H and O–H groups in total. The molecule has 0 aromatic heterocycles. The highest BCUT2D eigenvalue weighted by Gasteiger charge is 2.24. The van der Waals surface area contributed by atoms with Gasteiger partial charge >= 0.3 is 5.97 Å².